The molecule has 1 amide bonds. The zero-order valence-electron chi connectivity index (χ0n) is 20.5. The summed E-state index contributed by atoms with van der Waals surface area (Å²) in [6.07, 6.45) is 3.08. The number of hydrogen-bond acceptors (Lipinski definition) is 7. The second-order valence-electron chi connectivity index (χ2n) is 8.86. The van der Waals surface area contributed by atoms with Crippen LogP contribution in [0.3, 0.4) is 0 Å². The van der Waals surface area contributed by atoms with E-state index in [1.807, 2.05) is 24.8 Å². The number of rotatable bonds is 7. The van der Waals surface area contributed by atoms with Gasteiger partial charge in [-0.3, -0.25) is 9.59 Å². The molecule has 3 heterocycles. The molecule has 1 saturated heterocycles. The molecule has 0 aliphatic carbocycles. The molecular weight excluding hydrogens is 465 g/mol. The number of anilines is 1. The fourth-order valence-electron chi connectivity index (χ4n) is 4.21. The van der Waals surface area contributed by atoms with Crippen LogP contribution in [0.5, 0.6) is 0 Å². The first kappa shape index (κ1) is 25.0. The highest BCUT2D eigenvalue weighted by Gasteiger charge is 2.26. The number of piperazine rings is 1. The average molecular weight is 494 g/mol. The van der Waals surface area contributed by atoms with E-state index in [1.165, 1.54) is 19.2 Å². The number of aromatic nitrogens is 3. The topological polar surface area (TPSA) is 97.6 Å². The molecule has 1 fully saturated rings. The van der Waals surface area contributed by atoms with Gasteiger partial charge in [0, 0.05) is 37.9 Å². The lowest BCUT2D eigenvalue weighted by atomic mass is 10.1. The zero-order valence-corrected chi connectivity index (χ0v) is 20.5. The van der Waals surface area contributed by atoms with Gasteiger partial charge < -0.3 is 14.5 Å². The normalized spacial score (nSPS) is 13.7. The van der Waals surface area contributed by atoms with Crippen molar-refractivity contribution in [2.45, 2.75) is 26.7 Å². The second kappa shape index (κ2) is 10.7. The maximum atomic E-state index is 14.5. The molecule has 0 saturated carbocycles. The second-order valence-corrected chi connectivity index (χ2v) is 8.86. The van der Waals surface area contributed by atoms with E-state index in [0.717, 1.165) is 0 Å². The highest BCUT2D eigenvalue weighted by molar-refractivity contribution is 5.94. The monoisotopic (exact) mass is 493 g/mol. The summed E-state index contributed by atoms with van der Waals surface area (Å²) in [5, 5.41) is 4.31. The van der Waals surface area contributed by atoms with Crippen LogP contribution in [-0.2, 0) is 9.53 Å². The lowest BCUT2D eigenvalue weighted by Crippen LogP contribution is -2.50. The minimum atomic E-state index is -0.625. The maximum absolute atomic E-state index is 14.5. The predicted octanol–water partition coefficient (Wildman–Crippen LogP) is 3.24. The third kappa shape index (κ3) is 5.27. The van der Waals surface area contributed by atoms with Gasteiger partial charge >= 0.3 is 5.97 Å². The summed E-state index contributed by atoms with van der Waals surface area (Å²) in [5.41, 5.74) is 1.65. The Labute approximate surface area is 208 Å². The van der Waals surface area contributed by atoms with Gasteiger partial charge in [-0.15, -0.1) is 0 Å². The minimum absolute atomic E-state index is 0.0363. The molecule has 10 heteroatoms. The number of Topliss-reactive ketones (excluding diaryl/α,β-unsaturated/α-hetero) is 1. The Balaban J connectivity index is 1.35. The van der Waals surface area contributed by atoms with E-state index in [9.17, 15) is 18.8 Å². The van der Waals surface area contributed by atoms with Crippen molar-refractivity contribution in [2.75, 3.05) is 37.7 Å². The molecule has 3 aromatic rings. The Morgan fingerprint density at radius 1 is 1.08 bits per heavy atom. The summed E-state index contributed by atoms with van der Waals surface area (Å²) >= 11 is 0. The Morgan fingerprint density at radius 2 is 1.83 bits per heavy atom. The van der Waals surface area contributed by atoms with Gasteiger partial charge in [-0.1, -0.05) is 19.9 Å². The summed E-state index contributed by atoms with van der Waals surface area (Å²) in [5.74, 6) is -1.06. The lowest BCUT2D eigenvalue weighted by Gasteiger charge is -2.36. The van der Waals surface area contributed by atoms with E-state index in [0.29, 0.717) is 48.9 Å². The Hall–Kier alpha value is -4.08. The fraction of sp³-hybridized carbons (Fsp3) is 0.346. The van der Waals surface area contributed by atoms with Crippen molar-refractivity contribution in [3.8, 4) is 5.82 Å². The van der Waals surface area contributed by atoms with E-state index in [2.05, 4.69) is 10.1 Å². The summed E-state index contributed by atoms with van der Waals surface area (Å²) in [6, 6.07) is 9.84. The summed E-state index contributed by atoms with van der Waals surface area (Å²) in [6.45, 7) is 6.43. The molecule has 1 aliphatic rings. The molecule has 2 aromatic heterocycles. The smallest absolute Gasteiger partial charge is 0.342 e. The zero-order chi connectivity index (χ0) is 25.8. The SMILES string of the molecule is CC(=O)c1ccc(N2CCN(C(=O)COC(=O)c3cnn(-c4ccccn4)c3C(C)C)CC2)c(F)c1. The average Bonchev–Trinajstić information content (AvgIpc) is 3.33. The molecule has 4 rings (SSSR count). The largest absolute Gasteiger partial charge is 0.452 e. The number of carbonyl (C=O) groups is 3. The number of esters is 1. The van der Waals surface area contributed by atoms with Crippen LogP contribution in [0.1, 0.15) is 53.1 Å². The molecule has 0 atom stereocenters. The highest BCUT2D eigenvalue weighted by atomic mass is 19.1. The fourth-order valence-corrected chi connectivity index (χ4v) is 4.21. The number of carbonyl (C=O) groups excluding carboxylic acids is 3. The quantitative estimate of drug-likeness (QED) is 0.368. The van der Waals surface area contributed by atoms with Crippen LogP contribution >= 0.6 is 0 Å². The third-order valence-electron chi connectivity index (χ3n) is 6.09. The van der Waals surface area contributed by atoms with Crippen LogP contribution in [0.2, 0.25) is 0 Å². The molecule has 188 valence electrons. The molecular formula is C26H28FN5O4. The number of pyridine rings is 1. The van der Waals surface area contributed by atoms with Crippen LogP contribution < -0.4 is 4.90 Å². The van der Waals surface area contributed by atoms with Gasteiger partial charge in [0.2, 0.25) is 0 Å². The lowest BCUT2D eigenvalue weighted by molar-refractivity contribution is -0.134. The summed E-state index contributed by atoms with van der Waals surface area (Å²) in [7, 11) is 0. The molecule has 36 heavy (non-hydrogen) atoms. The molecule has 0 unspecified atom stereocenters. The van der Waals surface area contributed by atoms with Gasteiger partial charge in [0.25, 0.3) is 5.91 Å². The van der Waals surface area contributed by atoms with E-state index >= 15 is 0 Å². The van der Waals surface area contributed by atoms with Crippen molar-refractivity contribution in [3.63, 3.8) is 0 Å². The van der Waals surface area contributed by atoms with Gasteiger partial charge in [-0.25, -0.2) is 18.9 Å². The first-order valence-electron chi connectivity index (χ1n) is 11.8. The van der Waals surface area contributed by atoms with E-state index in [1.54, 1.807) is 40.0 Å². The van der Waals surface area contributed by atoms with Crippen LogP contribution in [0.4, 0.5) is 10.1 Å². The van der Waals surface area contributed by atoms with Gasteiger partial charge in [-0.05, 0) is 43.2 Å². The summed E-state index contributed by atoms with van der Waals surface area (Å²) < 4.78 is 21.4. The van der Waals surface area contributed by atoms with Crippen molar-refractivity contribution < 1.29 is 23.5 Å². The van der Waals surface area contributed by atoms with Gasteiger partial charge in [-0.2, -0.15) is 5.10 Å². The van der Waals surface area contributed by atoms with E-state index in [-0.39, 0.29) is 23.2 Å². The van der Waals surface area contributed by atoms with Crippen molar-refractivity contribution in [1.82, 2.24) is 19.7 Å². The number of halogens is 1. The van der Waals surface area contributed by atoms with Gasteiger partial charge in [0.15, 0.2) is 18.2 Å². The Kier molecular flexibility index (Phi) is 7.42. The Bertz CT molecular complexity index is 1270. The molecule has 0 radical (unpaired) electrons. The van der Waals surface area contributed by atoms with Crippen molar-refractivity contribution in [2.24, 2.45) is 0 Å². The van der Waals surface area contributed by atoms with Crippen LogP contribution in [0.15, 0.2) is 48.8 Å². The Morgan fingerprint density at radius 3 is 2.44 bits per heavy atom. The van der Waals surface area contributed by atoms with Crippen molar-refractivity contribution in [3.05, 3.63) is 71.4 Å². The van der Waals surface area contributed by atoms with Gasteiger partial charge in [0.05, 0.1) is 17.6 Å². The molecule has 0 bridgehead atoms. The first-order chi connectivity index (χ1) is 17.3. The van der Waals surface area contributed by atoms with Crippen molar-refractivity contribution >= 4 is 23.3 Å². The molecule has 0 spiro atoms. The molecule has 9 nitrogen and oxygen atoms in total. The minimum Gasteiger partial charge on any atom is -0.452 e. The molecule has 1 aliphatic heterocycles. The van der Waals surface area contributed by atoms with E-state index < -0.39 is 18.4 Å². The number of benzene rings is 1. The third-order valence-corrected chi connectivity index (χ3v) is 6.09. The standard InChI is InChI=1S/C26H28FN5O4/c1-17(2)25-20(15-29-32(25)23-6-4-5-9-28-23)26(35)36-16-24(34)31-12-10-30(11-13-31)22-8-7-19(18(3)33)14-21(22)27/h4-9,14-15,17H,10-13,16H2,1-3H3. The number of hydrogen-bond donors (Lipinski definition) is 0. The highest BCUT2D eigenvalue weighted by Crippen LogP contribution is 2.24. The van der Waals surface area contributed by atoms with Crippen molar-refractivity contribution in [1.29, 1.82) is 0 Å². The number of ether oxygens (including phenoxy) is 1. The van der Waals surface area contributed by atoms with Crippen LogP contribution in [-0.4, -0.2) is 70.1 Å². The molecule has 0 N–H and O–H groups in total. The maximum Gasteiger partial charge on any atom is 0.342 e. The number of nitrogens with zero attached hydrogens (tertiary/aromatic N) is 5. The van der Waals surface area contributed by atoms with Crippen LogP contribution in [0, 0.1) is 5.82 Å². The van der Waals surface area contributed by atoms with E-state index in [4.69, 9.17) is 4.74 Å². The molecule has 1 aromatic carbocycles. The number of ketones is 1. The van der Waals surface area contributed by atoms with Gasteiger partial charge in [0.1, 0.15) is 11.4 Å². The number of amides is 1. The van der Waals surface area contributed by atoms with Crippen LogP contribution in [0.25, 0.3) is 5.82 Å². The predicted molar refractivity (Wildman–Crippen MR) is 131 cm³/mol. The first-order valence-corrected chi connectivity index (χ1v) is 11.8. The summed E-state index contributed by atoms with van der Waals surface area (Å²) in [4.78, 5) is 44.7.